The first-order chi connectivity index (χ1) is 11.8. The summed E-state index contributed by atoms with van der Waals surface area (Å²) in [6, 6.07) is 1.07. The fourth-order valence-electron chi connectivity index (χ4n) is 2.84. The Morgan fingerprint density at radius 1 is 1.20 bits per heavy atom. The summed E-state index contributed by atoms with van der Waals surface area (Å²) in [5.41, 5.74) is -1.50. The Hall–Kier alpha value is -1.71. The van der Waals surface area contributed by atoms with Crippen molar-refractivity contribution in [3.05, 3.63) is 23.0 Å². The van der Waals surface area contributed by atoms with Gasteiger partial charge in [-0.3, -0.25) is 4.79 Å². The molecule has 2 rings (SSSR count). The van der Waals surface area contributed by atoms with Crippen molar-refractivity contribution in [3.63, 3.8) is 0 Å². The molecule has 138 valence electrons. The predicted octanol–water partition coefficient (Wildman–Crippen LogP) is 1.68. The van der Waals surface area contributed by atoms with Gasteiger partial charge in [-0.25, -0.2) is 18.2 Å². The molecule has 1 fully saturated rings. The van der Waals surface area contributed by atoms with Crippen LogP contribution in [0.5, 0.6) is 0 Å². The number of esters is 2. The first-order valence-electron chi connectivity index (χ1n) is 7.62. The maximum atomic E-state index is 12.7. The Balaban J connectivity index is 2.40. The standard InChI is InChI=1S/C15H19ClN2O6S/c1-23-13(19)11-8-10(9-17-12(11)16)25(21,22)18-15(14(20)24-2)6-4-3-5-7-15/h8-9,18H,3-7H2,1-2H3. The Kier molecular flexibility index (Phi) is 6.02. The first kappa shape index (κ1) is 19.6. The summed E-state index contributed by atoms with van der Waals surface area (Å²) in [5.74, 6) is -1.44. The van der Waals surface area contributed by atoms with E-state index >= 15 is 0 Å². The van der Waals surface area contributed by atoms with Gasteiger partial charge in [-0.05, 0) is 18.9 Å². The summed E-state index contributed by atoms with van der Waals surface area (Å²) in [6.45, 7) is 0. The van der Waals surface area contributed by atoms with E-state index in [1.165, 1.54) is 7.11 Å². The van der Waals surface area contributed by atoms with Crippen LogP contribution in [-0.4, -0.2) is 45.1 Å². The number of rotatable bonds is 5. The fraction of sp³-hybridized carbons (Fsp3) is 0.533. The van der Waals surface area contributed by atoms with Gasteiger partial charge in [-0.15, -0.1) is 0 Å². The van der Waals surface area contributed by atoms with Crippen LogP contribution in [0, 0.1) is 0 Å². The summed E-state index contributed by atoms with van der Waals surface area (Å²) >= 11 is 5.81. The molecule has 1 N–H and O–H groups in total. The van der Waals surface area contributed by atoms with Crippen LogP contribution in [0.3, 0.4) is 0 Å². The van der Waals surface area contributed by atoms with Gasteiger partial charge in [0.15, 0.2) is 0 Å². The van der Waals surface area contributed by atoms with Crippen molar-refractivity contribution < 1.29 is 27.5 Å². The second-order valence-electron chi connectivity index (χ2n) is 5.74. The van der Waals surface area contributed by atoms with Crippen molar-refractivity contribution in [1.29, 1.82) is 0 Å². The molecule has 1 aliphatic rings. The van der Waals surface area contributed by atoms with Gasteiger partial charge in [-0.1, -0.05) is 30.9 Å². The summed E-state index contributed by atoms with van der Waals surface area (Å²) in [7, 11) is -1.77. The third kappa shape index (κ3) is 4.10. The summed E-state index contributed by atoms with van der Waals surface area (Å²) in [5, 5.41) is -0.175. The van der Waals surface area contributed by atoms with Crippen LogP contribution in [-0.2, 0) is 24.3 Å². The van der Waals surface area contributed by atoms with E-state index in [2.05, 4.69) is 14.4 Å². The normalized spacial score (nSPS) is 16.9. The van der Waals surface area contributed by atoms with Crippen LogP contribution < -0.4 is 4.72 Å². The minimum Gasteiger partial charge on any atom is -0.468 e. The lowest BCUT2D eigenvalue weighted by atomic mass is 9.83. The molecule has 1 saturated carbocycles. The van der Waals surface area contributed by atoms with Gasteiger partial charge in [0.2, 0.25) is 10.0 Å². The van der Waals surface area contributed by atoms with Crippen molar-refractivity contribution in [2.45, 2.75) is 42.5 Å². The number of methoxy groups -OCH3 is 2. The van der Waals surface area contributed by atoms with E-state index in [0.29, 0.717) is 25.7 Å². The molecule has 25 heavy (non-hydrogen) atoms. The quantitative estimate of drug-likeness (QED) is 0.601. The third-order valence-corrected chi connectivity index (χ3v) is 5.95. The molecule has 0 saturated heterocycles. The van der Waals surface area contributed by atoms with Crippen LogP contribution in [0.25, 0.3) is 0 Å². The molecule has 1 aromatic heterocycles. The molecule has 0 aromatic carbocycles. The summed E-state index contributed by atoms with van der Waals surface area (Å²) in [6.07, 6.45) is 4.00. The van der Waals surface area contributed by atoms with E-state index in [1.807, 2.05) is 0 Å². The second kappa shape index (κ2) is 7.67. The number of carbonyl (C=O) groups is 2. The number of sulfonamides is 1. The van der Waals surface area contributed by atoms with Gasteiger partial charge >= 0.3 is 11.9 Å². The number of hydrogen-bond donors (Lipinski definition) is 1. The molecule has 0 unspecified atom stereocenters. The predicted molar refractivity (Wildman–Crippen MR) is 88.7 cm³/mol. The van der Waals surface area contributed by atoms with E-state index in [-0.39, 0.29) is 15.6 Å². The smallest absolute Gasteiger partial charge is 0.341 e. The van der Waals surface area contributed by atoms with E-state index in [1.54, 1.807) is 0 Å². The van der Waals surface area contributed by atoms with Gasteiger partial charge in [0.05, 0.1) is 19.8 Å². The van der Waals surface area contributed by atoms with E-state index in [0.717, 1.165) is 25.8 Å². The number of aromatic nitrogens is 1. The largest absolute Gasteiger partial charge is 0.468 e. The molecule has 10 heteroatoms. The molecular formula is C15H19ClN2O6S. The highest BCUT2D eigenvalue weighted by Crippen LogP contribution is 2.31. The van der Waals surface area contributed by atoms with Gasteiger partial charge in [0.1, 0.15) is 15.6 Å². The molecule has 1 heterocycles. The number of ether oxygens (including phenoxy) is 2. The molecule has 0 aliphatic heterocycles. The van der Waals surface area contributed by atoms with Gasteiger partial charge in [0.25, 0.3) is 0 Å². The Labute approximate surface area is 150 Å². The average Bonchev–Trinajstić information content (AvgIpc) is 2.60. The van der Waals surface area contributed by atoms with Crippen LogP contribution in [0.4, 0.5) is 0 Å². The lowest BCUT2D eigenvalue weighted by Crippen LogP contribution is -2.56. The van der Waals surface area contributed by atoms with E-state index in [4.69, 9.17) is 16.3 Å². The van der Waals surface area contributed by atoms with Gasteiger partial charge in [-0.2, -0.15) is 4.72 Å². The van der Waals surface area contributed by atoms with Crippen LogP contribution in [0.2, 0.25) is 5.15 Å². The first-order valence-corrected chi connectivity index (χ1v) is 9.48. The number of pyridine rings is 1. The fourth-order valence-corrected chi connectivity index (χ4v) is 4.41. The van der Waals surface area contributed by atoms with Crippen molar-refractivity contribution in [1.82, 2.24) is 9.71 Å². The minimum absolute atomic E-state index is 0.175. The Bertz CT molecular complexity index is 774. The average molecular weight is 391 g/mol. The number of carbonyl (C=O) groups excluding carboxylic acids is 2. The lowest BCUT2D eigenvalue weighted by molar-refractivity contribution is -0.149. The topological polar surface area (TPSA) is 112 Å². The van der Waals surface area contributed by atoms with Crippen molar-refractivity contribution in [2.24, 2.45) is 0 Å². The Morgan fingerprint density at radius 3 is 2.40 bits per heavy atom. The van der Waals surface area contributed by atoms with Crippen molar-refractivity contribution in [2.75, 3.05) is 14.2 Å². The monoisotopic (exact) mass is 390 g/mol. The molecular weight excluding hydrogens is 372 g/mol. The maximum Gasteiger partial charge on any atom is 0.341 e. The van der Waals surface area contributed by atoms with Crippen LogP contribution in [0.1, 0.15) is 42.5 Å². The van der Waals surface area contributed by atoms with Crippen molar-refractivity contribution in [3.8, 4) is 0 Å². The summed E-state index contributed by atoms with van der Waals surface area (Å²) < 4.78 is 37.3. The maximum absolute atomic E-state index is 12.7. The zero-order chi connectivity index (χ0) is 18.7. The van der Waals surface area contributed by atoms with Crippen LogP contribution in [0.15, 0.2) is 17.2 Å². The third-order valence-electron chi connectivity index (χ3n) is 4.14. The zero-order valence-corrected chi connectivity index (χ0v) is 15.4. The molecule has 0 amide bonds. The van der Waals surface area contributed by atoms with Gasteiger partial charge < -0.3 is 9.47 Å². The molecule has 0 spiro atoms. The second-order valence-corrected chi connectivity index (χ2v) is 7.78. The van der Waals surface area contributed by atoms with Crippen molar-refractivity contribution >= 4 is 33.6 Å². The number of nitrogens with one attached hydrogen (secondary N) is 1. The lowest BCUT2D eigenvalue weighted by Gasteiger charge is -2.34. The molecule has 1 aromatic rings. The van der Waals surface area contributed by atoms with Gasteiger partial charge in [0, 0.05) is 6.20 Å². The highest BCUT2D eigenvalue weighted by atomic mass is 35.5. The zero-order valence-electron chi connectivity index (χ0n) is 13.9. The highest BCUT2D eigenvalue weighted by molar-refractivity contribution is 7.89. The summed E-state index contributed by atoms with van der Waals surface area (Å²) in [4.78, 5) is 27.3. The molecule has 0 atom stereocenters. The molecule has 0 radical (unpaired) electrons. The molecule has 0 bridgehead atoms. The van der Waals surface area contributed by atoms with Crippen LogP contribution >= 0.6 is 11.6 Å². The SMILES string of the molecule is COC(=O)c1cc(S(=O)(=O)NC2(C(=O)OC)CCCCC2)cnc1Cl. The highest BCUT2D eigenvalue weighted by Gasteiger charge is 2.44. The van der Waals surface area contributed by atoms with E-state index in [9.17, 15) is 18.0 Å². The number of nitrogens with zero attached hydrogens (tertiary/aromatic N) is 1. The molecule has 8 nitrogen and oxygen atoms in total. The molecule has 1 aliphatic carbocycles. The number of halogens is 1. The minimum atomic E-state index is -4.13. The number of hydrogen-bond acceptors (Lipinski definition) is 7. The van der Waals surface area contributed by atoms with E-state index < -0.39 is 27.5 Å². The Morgan fingerprint density at radius 2 is 1.84 bits per heavy atom.